The van der Waals surface area contributed by atoms with Gasteiger partial charge in [0.25, 0.3) is 0 Å². The summed E-state index contributed by atoms with van der Waals surface area (Å²) in [4.78, 5) is 10.5. The van der Waals surface area contributed by atoms with Crippen LogP contribution in [-0.2, 0) is 4.79 Å². The Balaban J connectivity index is 2.15. The molecule has 13 heavy (non-hydrogen) atoms. The summed E-state index contributed by atoms with van der Waals surface area (Å²) in [5.41, 5.74) is 5.04. The molecule has 0 spiro atoms. The average Bonchev–Trinajstić information content (AvgIpc) is 2.08. The van der Waals surface area contributed by atoms with E-state index in [9.17, 15) is 9.90 Å². The number of nitrogens with two attached hydrogens (primary N) is 1. The van der Waals surface area contributed by atoms with Crippen molar-refractivity contribution in [2.45, 2.75) is 51.0 Å². The minimum Gasteiger partial charge on any atom is -0.393 e. The van der Waals surface area contributed by atoms with Crippen LogP contribution in [0.4, 0.5) is 0 Å². The summed E-state index contributed by atoms with van der Waals surface area (Å²) in [6, 6.07) is 0. The van der Waals surface area contributed by atoms with Gasteiger partial charge in [0, 0.05) is 6.42 Å². The zero-order chi connectivity index (χ0) is 9.68. The molecule has 1 aliphatic carbocycles. The number of amides is 1. The maximum atomic E-state index is 10.5. The Labute approximate surface area is 79.3 Å². The Bertz CT molecular complexity index is 170. The Morgan fingerprint density at radius 1 is 1.38 bits per heavy atom. The van der Waals surface area contributed by atoms with Crippen LogP contribution in [-0.4, -0.2) is 17.1 Å². The second kappa shape index (κ2) is 5.22. The summed E-state index contributed by atoms with van der Waals surface area (Å²) in [7, 11) is 0. The predicted molar refractivity (Wildman–Crippen MR) is 51.0 cm³/mol. The Kier molecular flexibility index (Phi) is 4.22. The van der Waals surface area contributed by atoms with Gasteiger partial charge in [-0.15, -0.1) is 0 Å². The van der Waals surface area contributed by atoms with E-state index in [0.29, 0.717) is 12.3 Å². The molecule has 2 atom stereocenters. The first-order chi connectivity index (χ1) is 6.20. The van der Waals surface area contributed by atoms with Crippen molar-refractivity contribution in [2.24, 2.45) is 11.7 Å². The van der Waals surface area contributed by atoms with Gasteiger partial charge >= 0.3 is 0 Å². The van der Waals surface area contributed by atoms with Gasteiger partial charge in [-0.25, -0.2) is 0 Å². The molecule has 3 nitrogen and oxygen atoms in total. The molecule has 1 aliphatic rings. The zero-order valence-corrected chi connectivity index (χ0v) is 8.04. The molecule has 0 saturated heterocycles. The molecule has 76 valence electrons. The molecular formula is C10H19NO2. The highest BCUT2D eigenvalue weighted by atomic mass is 16.3. The lowest BCUT2D eigenvalue weighted by molar-refractivity contribution is -0.118. The molecular weight excluding hydrogens is 166 g/mol. The fourth-order valence-electron chi connectivity index (χ4n) is 2.06. The summed E-state index contributed by atoms with van der Waals surface area (Å²) in [6.45, 7) is 0. The number of aliphatic hydroxyl groups is 1. The smallest absolute Gasteiger partial charge is 0.217 e. The molecule has 0 heterocycles. The summed E-state index contributed by atoms with van der Waals surface area (Å²) in [5.74, 6) is 0.179. The van der Waals surface area contributed by atoms with E-state index in [4.69, 9.17) is 5.73 Å². The molecule has 3 heteroatoms. The molecule has 0 aromatic rings. The lowest BCUT2D eigenvalue weighted by Crippen LogP contribution is -2.24. The third-order valence-electron chi connectivity index (χ3n) is 2.87. The van der Waals surface area contributed by atoms with Crippen molar-refractivity contribution in [3.8, 4) is 0 Å². The molecule has 3 N–H and O–H groups in total. The molecule has 0 aromatic heterocycles. The lowest BCUT2D eigenvalue weighted by atomic mass is 9.83. The van der Waals surface area contributed by atoms with Crippen molar-refractivity contribution >= 4 is 5.91 Å². The van der Waals surface area contributed by atoms with Crippen LogP contribution in [0.1, 0.15) is 44.9 Å². The van der Waals surface area contributed by atoms with Gasteiger partial charge in [0.05, 0.1) is 6.10 Å². The highest BCUT2D eigenvalue weighted by molar-refractivity contribution is 5.73. The second-order valence-corrected chi connectivity index (χ2v) is 3.97. The van der Waals surface area contributed by atoms with E-state index in [-0.39, 0.29) is 12.0 Å². The lowest BCUT2D eigenvalue weighted by Gasteiger charge is -2.27. The SMILES string of the molecule is NC(=O)CCCC1CCCCC1O. The highest BCUT2D eigenvalue weighted by Crippen LogP contribution is 2.28. The van der Waals surface area contributed by atoms with Gasteiger partial charge in [0.2, 0.25) is 5.91 Å². The minimum absolute atomic E-state index is 0.137. The van der Waals surface area contributed by atoms with Gasteiger partial charge in [-0.1, -0.05) is 12.8 Å². The molecule has 0 bridgehead atoms. The number of carbonyl (C=O) groups is 1. The third-order valence-corrected chi connectivity index (χ3v) is 2.87. The van der Waals surface area contributed by atoms with Crippen molar-refractivity contribution in [1.82, 2.24) is 0 Å². The fourth-order valence-corrected chi connectivity index (χ4v) is 2.06. The van der Waals surface area contributed by atoms with E-state index in [1.807, 2.05) is 0 Å². The van der Waals surface area contributed by atoms with Crippen molar-refractivity contribution in [1.29, 1.82) is 0 Å². The quantitative estimate of drug-likeness (QED) is 0.691. The zero-order valence-electron chi connectivity index (χ0n) is 8.04. The summed E-state index contributed by atoms with van der Waals surface area (Å²) < 4.78 is 0. The van der Waals surface area contributed by atoms with Crippen molar-refractivity contribution in [2.75, 3.05) is 0 Å². The normalized spacial score (nSPS) is 28.7. The van der Waals surface area contributed by atoms with E-state index < -0.39 is 0 Å². The van der Waals surface area contributed by atoms with Gasteiger partial charge in [0.15, 0.2) is 0 Å². The van der Waals surface area contributed by atoms with Crippen LogP contribution in [0.15, 0.2) is 0 Å². The van der Waals surface area contributed by atoms with E-state index >= 15 is 0 Å². The van der Waals surface area contributed by atoms with E-state index in [0.717, 1.165) is 32.1 Å². The monoisotopic (exact) mass is 185 g/mol. The van der Waals surface area contributed by atoms with Gasteiger partial charge in [0.1, 0.15) is 0 Å². The number of aliphatic hydroxyl groups excluding tert-OH is 1. The van der Waals surface area contributed by atoms with Crippen LogP contribution in [0.2, 0.25) is 0 Å². The maximum Gasteiger partial charge on any atom is 0.217 e. The second-order valence-electron chi connectivity index (χ2n) is 3.97. The van der Waals surface area contributed by atoms with E-state index in [2.05, 4.69) is 0 Å². The first-order valence-electron chi connectivity index (χ1n) is 5.16. The van der Waals surface area contributed by atoms with Crippen LogP contribution in [0.25, 0.3) is 0 Å². The molecule has 1 fully saturated rings. The van der Waals surface area contributed by atoms with Crippen LogP contribution in [0.5, 0.6) is 0 Å². The summed E-state index contributed by atoms with van der Waals surface area (Å²) in [6.07, 6.45) is 6.51. The predicted octanol–water partition coefficient (Wildman–Crippen LogP) is 1.19. The van der Waals surface area contributed by atoms with E-state index in [1.54, 1.807) is 0 Å². The molecule has 2 unspecified atom stereocenters. The van der Waals surface area contributed by atoms with Crippen LogP contribution < -0.4 is 5.73 Å². The minimum atomic E-state index is -0.231. The third kappa shape index (κ3) is 3.77. The maximum absolute atomic E-state index is 10.5. The van der Waals surface area contributed by atoms with Crippen molar-refractivity contribution in [3.05, 3.63) is 0 Å². The molecule has 0 radical (unpaired) electrons. The molecule has 0 aromatic carbocycles. The molecule has 1 saturated carbocycles. The van der Waals surface area contributed by atoms with Crippen LogP contribution in [0.3, 0.4) is 0 Å². The Morgan fingerprint density at radius 3 is 2.69 bits per heavy atom. The first-order valence-corrected chi connectivity index (χ1v) is 5.16. The largest absolute Gasteiger partial charge is 0.393 e. The van der Waals surface area contributed by atoms with Gasteiger partial charge < -0.3 is 10.8 Å². The number of hydrogen-bond acceptors (Lipinski definition) is 2. The Morgan fingerprint density at radius 2 is 2.08 bits per heavy atom. The highest BCUT2D eigenvalue weighted by Gasteiger charge is 2.22. The number of primary amides is 1. The summed E-state index contributed by atoms with van der Waals surface area (Å²) in [5, 5.41) is 9.62. The van der Waals surface area contributed by atoms with Gasteiger partial charge in [-0.3, -0.25) is 4.79 Å². The fraction of sp³-hybridized carbons (Fsp3) is 0.900. The molecule has 1 amide bonds. The van der Waals surface area contributed by atoms with E-state index in [1.165, 1.54) is 6.42 Å². The number of carbonyl (C=O) groups excluding carboxylic acids is 1. The first kappa shape index (κ1) is 10.5. The summed E-state index contributed by atoms with van der Waals surface area (Å²) >= 11 is 0. The van der Waals surface area contributed by atoms with Crippen molar-refractivity contribution in [3.63, 3.8) is 0 Å². The van der Waals surface area contributed by atoms with Crippen molar-refractivity contribution < 1.29 is 9.90 Å². The molecule has 0 aliphatic heterocycles. The van der Waals surface area contributed by atoms with Gasteiger partial charge in [-0.2, -0.15) is 0 Å². The number of rotatable bonds is 4. The standard InChI is InChI=1S/C10H19NO2/c11-10(13)7-3-5-8-4-1-2-6-9(8)12/h8-9,12H,1-7H2,(H2,11,13). The Hall–Kier alpha value is -0.570. The van der Waals surface area contributed by atoms with Gasteiger partial charge in [-0.05, 0) is 31.6 Å². The van der Waals surface area contributed by atoms with Crippen LogP contribution >= 0.6 is 0 Å². The topological polar surface area (TPSA) is 63.3 Å². The number of hydrogen-bond donors (Lipinski definition) is 2. The van der Waals surface area contributed by atoms with Crippen LogP contribution in [0, 0.1) is 5.92 Å². The molecule has 1 rings (SSSR count). The average molecular weight is 185 g/mol.